The van der Waals surface area contributed by atoms with Crippen molar-refractivity contribution in [3.63, 3.8) is 0 Å². The van der Waals surface area contributed by atoms with E-state index in [0.29, 0.717) is 24.7 Å². The first kappa shape index (κ1) is 14.3. The first-order chi connectivity index (χ1) is 8.69. The van der Waals surface area contributed by atoms with Crippen LogP contribution in [0.3, 0.4) is 0 Å². The Labute approximate surface area is 106 Å². The Bertz CT molecular complexity index is 389. The van der Waals surface area contributed by atoms with Gasteiger partial charge in [-0.3, -0.25) is 0 Å². The molecule has 0 aliphatic heterocycles. The molecule has 0 aromatic heterocycles. The lowest BCUT2D eigenvalue weighted by molar-refractivity contribution is 0.0696. The smallest absolute Gasteiger partial charge is 0.335 e. The minimum Gasteiger partial charge on any atom is -0.493 e. The molecule has 0 atom stereocenters. The quantitative estimate of drug-likeness (QED) is 0.720. The molecule has 5 heteroatoms. The number of carbonyl (C=O) groups is 1. The van der Waals surface area contributed by atoms with Crippen molar-refractivity contribution in [2.75, 3.05) is 27.4 Å². The van der Waals surface area contributed by atoms with Crippen molar-refractivity contribution < 1.29 is 24.1 Å². The van der Waals surface area contributed by atoms with E-state index in [2.05, 4.69) is 0 Å². The molecule has 0 radical (unpaired) electrons. The van der Waals surface area contributed by atoms with Gasteiger partial charge in [0.15, 0.2) is 11.5 Å². The average Bonchev–Trinajstić information content (AvgIpc) is 2.38. The lowest BCUT2D eigenvalue weighted by Crippen LogP contribution is -2.03. The predicted molar refractivity (Wildman–Crippen MR) is 66.6 cm³/mol. The molecule has 0 aliphatic carbocycles. The summed E-state index contributed by atoms with van der Waals surface area (Å²) in [7, 11) is 3.17. The van der Waals surface area contributed by atoms with Gasteiger partial charge in [0.05, 0.1) is 19.3 Å². The monoisotopic (exact) mass is 254 g/mol. The summed E-state index contributed by atoms with van der Waals surface area (Å²) in [6, 6.07) is 4.55. The zero-order chi connectivity index (χ0) is 13.4. The standard InChI is InChI=1S/C13H18O5/c1-16-7-3-4-8-18-12-9-10(13(14)15)5-6-11(12)17-2/h5-6,9H,3-4,7-8H2,1-2H3,(H,14,15). The summed E-state index contributed by atoms with van der Waals surface area (Å²) in [5, 5.41) is 8.90. The molecular formula is C13H18O5. The Balaban J connectivity index is 2.61. The number of methoxy groups -OCH3 is 2. The number of hydrogen-bond donors (Lipinski definition) is 1. The van der Waals surface area contributed by atoms with Gasteiger partial charge in [0.1, 0.15) is 0 Å². The molecular weight excluding hydrogens is 236 g/mol. The van der Waals surface area contributed by atoms with Crippen LogP contribution in [-0.2, 0) is 4.74 Å². The highest BCUT2D eigenvalue weighted by molar-refractivity contribution is 5.88. The van der Waals surface area contributed by atoms with E-state index in [1.165, 1.54) is 19.2 Å². The maximum Gasteiger partial charge on any atom is 0.335 e. The lowest BCUT2D eigenvalue weighted by Gasteiger charge is -2.11. The van der Waals surface area contributed by atoms with Crippen LogP contribution in [0.5, 0.6) is 11.5 Å². The lowest BCUT2D eigenvalue weighted by atomic mass is 10.2. The molecule has 0 saturated carbocycles. The Morgan fingerprint density at radius 3 is 2.50 bits per heavy atom. The summed E-state index contributed by atoms with van der Waals surface area (Å²) in [6.07, 6.45) is 1.74. The topological polar surface area (TPSA) is 65.0 Å². The van der Waals surface area contributed by atoms with Gasteiger partial charge in [-0.25, -0.2) is 4.79 Å². The first-order valence-electron chi connectivity index (χ1n) is 5.72. The van der Waals surface area contributed by atoms with Crippen molar-refractivity contribution >= 4 is 5.97 Å². The molecule has 0 aliphatic rings. The van der Waals surface area contributed by atoms with E-state index in [1.54, 1.807) is 13.2 Å². The highest BCUT2D eigenvalue weighted by Crippen LogP contribution is 2.28. The second kappa shape index (κ2) is 7.55. The summed E-state index contributed by atoms with van der Waals surface area (Å²) in [4.78, 5) is 10.9. The van der Waals surface area contributed by atoms with Gasteiger partial charge in [0.2, 0.25) is 0 Å². The van der Waals surface area contributed by atoms with Gasteiger partial charge in [-0.1, -0.05) is 0 Å². The summed E-state index contributed by atoms with van der Waals surface area (Å²) < 4.78 is 15.6. The van der Waals surface area contributed by atoms with Gasteiger partial charge in [-0.05, 0) is 31.0 Å². The van der Waals surface area contributed by atoms with E-state index in [0.717, 1.165) is 12.8 Å². The number of benzene rings is 1. The zero-order valence-corrected chi connectivity index (χ0v) is 10.6. The van der Waals surface area contributed by atoms with Gasteiger partial charge < -0.3 is 19.3 Å². The van der Waals surface area contributed by atoms with E-state index in [-0.39, 0.29) is 5.56 Å². The average molecular weight is 254 g/mol. The Kier molecular flexibility index (Phi) is 6.00. The minimum absolute atomic E-state index is 0.183. The molecule has 0 heterocycles. The number of carboxylic acid groups (broad SMARTS) is 1. The van der Waals surface area contributed by atoms with Crippen LogP contribution < -0.4 is 9.47 Å². The normalized spacial score (nSPS) is 10.1. The van der Waals surface area contributed by atoms with Gasteiger partial charge >= 0.3 is 5.97 Å². The molecule has 0 amide bonds. The molecule has 1 rings (SSSR count). The van der Waals surface area contributed by atoms with Crippen molar-refractivity contribution in [1.82, 2.24) is 0 Å². The SMILES string of the molecule is COCCCCOc1cc(C(=O)O)ccc1OC. The van der Waals surface area contributed by atoms with E-state index in [9.17, 15) is 4.79 Å². The van der Waals surface area contributed by atoms with Crippen molar-refractivity contribution in [3.8, 4) is 11.5 Å². The van der Waals surface area contributed by atoms with Crippen molar-refractivity contribution in [1.29, 1.82) is 0 Å². The first-order valence-corrected chi connectivity index (χ1v) is 5.72. The molecule has 0 saturated heterocycles. The van der Waals surface area contributed by atoms with Crippen molar-refractivity contribution in [3.05, 3.63) is 23.8 Å². The summed E-state index contributed by atoms with van der Waals surface area (Å²) >= 11 is 0. The number of unbranched alkanes of at least 4 members (excludes halogenated alkanes) is 1. The fraction of sp³-hybridized carbons (Fsp3) is 0.462. The molecule has 0 unspecified atom stereocenters. The van der Waals surface area contributed by atoms with Gasteiger partial charge in [-0.2, -0.15) is 0 Å². The maximum absolute atomic E-state index is 10.9. The number of rotatable bonds is 8. The predicted octanol–water partition coefficient (Wildman–Crippen LogP) is 2.20. The van der Waals surface area contributed by atoms with Crippen molar-refractivity contribution in [2.24, 2.45) is 0 Å². The van der Waals surface area contributed by atoms with Crippen LogP contribution in [0.15, 0.2) is 18.2 Å². The van der Waals surface area contributed by atoms with E-state index < -0.39 is 5.97 Å². The van der Waals surface area contributed by atoms with Gasteiger partial charge in [0, 0.05) is 13.7 Å². The largest absolute Gasteiger partial charge is 0.493 e. The van der Waals surface area contributed by atoms with Crippen molar-refractivity contribution in [2.45, 2.75) is 12.8 Å². The summed E-state index contributed by atoms with van der Waals surface area (Å²) in [5.74, 6) is 0.00319. The van der Waals surface area contributed by atoms with Crippen LogP contribution in [0, 0.1) is 0 Å². The fourth-order valence-corrected chi connectivity index (χ4v) is 1.45. The highest BCUT2D eigenvalue weighted by atomic mass is 16.5. The second-order valence-corrected chi connectivity index (χ2v) is 3.72. The third-order valence-electron chi connectivity index (χ3n) is 2.41. The number of aromatic carboxylic acids is 1. The molecule has 18 heavy (non-hydrogen) atoms. The zero-order valence-electron chi connectivity index (χ0n) is 10.6. The molecule has 1 aromatic rings. The fourth-order valence-electron chi connectivity index (χ4n) is 1.45. The Hall–Kier alpha value is -1.75. The molecule has 100 valence electrons. The van der Waals surface area contributed by atoms with Crippen LogP contribution in [0.25, 0.3) is 0 Å². The summed E-state index contributed by atoms with van der Waals surface area (Å²) in [6.45, 7) is 1.19. The molecule has 1 N–H and O–H groups in total. The Morgan fingerprint density at radius 1 is 1.17 bits per heavy atom. The van der Waals surface area contributed by atoms with E-state index >= 15 is 0 Å². The van der Waals surface area contributed by atoms with Gasteiger partial charge in [0.25, 0.3) is 0 Å². The highest BCUT2D eigenvalue weighted by Gasteiger charge is 2.09. The number of ether oxygens (including phenoxy) is 3. The van der Waals surface area contributed by atoms with Gasteiger partial charge in [-0.15, -0.1) is 0 Å². The van der Waals surface area contributed by atoms with Crippen LogP contribution in [-0.4, -0.2) is 38.5 Å². The van der Waals surface area contributed by atoms with E-state index in [1.807, 2.05) is 0 Å². The van der Waals surface area contributed by atoms with E-state index in [4.69, 9.17) is 19.3 Å². The summed E-state index contributed by atoms with van der Waals surface area (Å²) in [5.41, 5.74) is 0.183. The van der Waals surface area contributed by atoms with Crippen LogP contribution >= 0.6 is 0 Å². The molecule has 0 bridgehead atoms. The van der Waals surface area contributed by atoms with Crippen LogP contribution in [0.1, 0.15) is 23.2 Å². The minimum atomic E-state index is -0.984. The number of hydrogen-bond acceptors (Lipinski definition) is 4. The Morgan fingerprint density at radius 2 is 1.89 bits per heavy atom. The molecule has 0 fully saturated rings. The molecule has 0 spiro atoms. The second-order valence-electron chi connectivity index (χ2n) is 3.72. The maximum atomic E-state index is 10.9. The number of carboxylic acids is 1. The third-order valence-corrected chi connectivity index (χ3v) is 2.41. The molecule has 5 nitrogen and oxygen atoms in total. The third kappa shape index (κ3) is 4.25. The van der Waals surface area contributed by atoms with Crippen LogP contribution in [0.4, 0.5) is 0 Å². The van der Waals surface area contributed by atoms with Crippen LogP contribution in [0.2, 0.25) is 0 Å². The molecule has 1 aromatic carbocycles.